The Labute approximate surface area is 138 Å². The minimum Gasteiger partial charge on any atom is -0.493 e. The van der Waals surface area contributed by atoms with Gasteiger partial charge in [-0.1, -0.05) is 6.07 Å². The molecule has 1 fully saturated rings. The number of ether oxygens (including phenoxy) is 3. The van der Waals surface area contributed by atoms with E-state index in [0.717, 1.165) is 5.56 Å². The molecule has 0 radical (unpaired) electrons. The van der Waals surface area contributed by atoms with Gasteiger partial charge in [-0.05, 0) is 24.6 Å². The normalized spacial score (nSPS) is 20.1. The van der Waals surface area contributed by atoms with E-state index >= 15 is 0 Å². The van der Waals surface area contributed by atoms with Crippen LogP contribution in [0.2, 0.25) is 0 Å². The first-order chi connectivity index (χ1) is 11.0. The fourth-order valence-electron chi connectivity index (χ4n) is 2.11. The van der Waals surface area contributed by atoms with Crippen LogP contribution < -0.4 is 14.8 Å². The van der Waals surface area contributed by atoms with E-state index in [1.165, 1.54) is 18.9 Å². The van der Waals surface area contributed by atoms with Gasteiger partial charge in [0.05, 0.1) is 19.1 Å². The van der Waals surface area contributed by atoms with Crippen LogP contribution in [-0.4, -0.2) is 49.2 Å². The zero-order chi connectivity index (χ0) is 16.8. The predicted molar refractivity (Wildman–Crippen MR) is 84.9 cm³/mol. The number of aliphatic carboxylic acids is 1. The van der Waals surface area contributed by atoms with Gasteiger partial charge in [0.1, 0.15) is 6.04 Å². The molecular formula is C15H19NO6S. The molecule has 23 heavy (non-hydrogen) atoms. The topological polar surface area (TPSA) is 94.1 Å². The lowest BCUT2D eigenvalue weighted by Gasteiger charge is -2.15. The summed E-state index contributed by atoms with van der Waals surface area (Å²) < 4.78 is 15.5. The van der Waals surface area contributed by atoms with Crippen molar-refractivity contribution in [3.05, 3.63) is 23.8 Å². The first kappa shape index (κ1) is 17.4. The number of carbonyl (C=O) groups excluding carboxylic acids is 1. The molecule has 1 heterocycles. The highest BCUT2D eigenvalue weighted by atomic mass is 32.2. The number of hydrogen-bond donors (Lipinski definition) is 2. The van der Waals surface area contributed by atoms with Crippen LogP contribution in [0.1, 0.15) is 17.9 Å². The molecule has 8 heteroatoms. The number of benzene rings is 1. The van der Waals surface area contributed by atoms with Crippen LogP contribution in [0.5, 0.6) is 11.5 Å². The standard InChI is InChI=1S/C15H19NO6S/c1-3-21-13(17)7-22-11-5-4-9(6-12(11)20-2)14-16-10(8-23-14)15(18)19/h4-6,10,14,16H,3,7-8H2,1-2H3,(H,18,19)/t10-,14-/m1/s1. The Kier molecular flexibility index (Phi) is 6.12. The van der Waals surface area contributed by atoms with Gasteiger partial charge in [0, 0.05) is 5.75 Å². The Morgan fingerprint density at radius 1 is 1.39 bits per heavy atom. The highest BCUT2D eigenvalue weighted by Gasteiger charge is 2.30. The molecule has 0 amide bonds. The summed E-state index contributed by atoms with van der Waals surface area (Å²) in [6.45, 7) is 1.83. The second kappa shape index (κ2) is 8.07. The van der Waals surface area contributed by atoms with Gasteiger partial charge in [0.15, 0.2) is 18.1 Å². The fourth-order valence-corrected chi connectivity index (χ4v) is 3.34. The molecule has 2 rings (SSSR count). The Morgan fingerprint density at radius 3 is 2.78 bits per heavy atom. The third-order valence-corrected chi connectivity index (χ3v) is 4.49. The van der Waals surface area contributed by atoms with Crippen LogP contribution in [0, 0.1) is 0 Å². The molecule has 0 spiro atoms. The number of esters is 1. The highest BCUT2D eigenvalue weighted by molar-refractivity contribution is 7.99. The molecule has 126 valence electrons. The Hall–Kier alpha value is -1.93. The van der Waals surface area contributed by atoms with Crippen molar-refractivity contribution in [2.45, 2.75) is 18.3 Å². The first-order valence-electron chi connectivity index (χ1n) is 7.12. The molecular weight excluding hydrogens is 322 g/mol. The molecule has 1 aromatic rings. The quantitative estimate of drug-likeness (QED) is 0.719. The van der Waals surface area contributed by atoms with Crippen LogP contribution in [0.3, 0.4) is 0 Å². The third-order valence-electron chi connectivity index (χ3n) is 3.22. The second-order valence-corrected chi connectivity index (χ2v) is 5.91. The van der Waals surface area contributed by atoms with E-state index in [2.05, 4.69) is 5.32 Å². The van der Waals surface area contributed by atoms with Gasteiger partial charge >= 0.3 is 11.9 Å². The van der Waals surface area contributed by atoms with Crippen molar-refractivity contribution in [1.82, 2.24) is 5.32 Å². The Bertz CT molecular complexity index is 579. The molecule has 1 aliphatic rings. The molecule has 1 saturated heterocycles. The summed E-state index contributed by atoms with van der Waals surface area (Å²) >= 11 is 1.52. The molecule has 0 aromatic heterocycles. The van der Waals surface area contributed by atoms with E-state index in [-0.39, 0.29) is 12.0 Å². The van der Waals surface area contributed by atoms with E-state index in [4.69, 9.17) is 19.3 Å². The summed E-state index contributed by atoms with van der Waals surface area (Å²) in [5.41, 5.74) is 0.888. The lowest BCUT2D eigenvalue weighted by Crippen LogP contribution is -2.33. The van der Waals surface area contributed by atoms with Crippen molar-refractivity contribution in [3.63, 3.8) is 0 Å². The number of nitrogens with one attached hydrogen (secondary N) is 1. The minimum absolute atomic E-state index is 0.121. The van der Waals surface area contributed by atoms with E-state index < -0.39 is 18.0 Å². The van der Waals surface area contributed by atoms with Crippen molar-refractivity contribution in [2.75, 3.05) is 26.1 Å². The van der Waals surface area contributed by atoms with Gasteiger partial charge in [-0.25, -0.2) is 4.79 Å². The van der Waals surface area contributed by atoms with E-state index in [1.807, 2.05) is 6.07 Å². The third kappa shape index (κ3) is 4.52. The average molecular weight is 341 g/mol. The van der Waals surface area contributed by atoms with Crippen molar-refractivity contribution in [3.8, 4) is 11.5 Å². The van der Waals surface area contributed by atoms with Crippen molar-refractivity contribution in [1.29, 1.82) is 0 Å². The number of methoxy groups -OCH3 is 1. The molecule has 0 bridgehead atoms. The fraction of sp³-hybridized carbons (Fsp3) is 0.467. The van der Waals surface area contributed by atoms with Crippen LogP contribution in [0.25, 0.3) is 0 Å². The van der Waals surface area contributed by atoms with E-state index in [0.29, 0.717) is 23.9 Å². The maximum Gasteiger partial charge on any atom is 0.344 e. The largest absolute Gasteiger partial charge is 0.493 e. The summed E-state index contributed by atoms with van der Waals surface area (Å²) in [6, 6.07) is 4.73. The van der Waals surface area contributed by atoms with E-state index in [1.54, 1.807) is 19.1 Å². The maximum atomic E-state index is 11.3. The van der Waals surface area contributed by atoms with Crippen LogP contribution >= 0.6 is 11.8 Å². The average Bonchev–Trinajstić information content (AvgIpc) is 3.03. The molecule has 0 unspecified atom stereocenters. The van der Waals surface area contributed by atoms with Crippen molar-refractivity contribution in [2.24, 2.45) is 0 Å². The van der Waals surface area contributed by atoms with Crippen molar-refractivity contribution < 1.29 is 28.9 Å². The summed E-state index contributed by atoms with van der Waals surface area (Å²) in [5.74, 6) is 0.107. The molecule has 0 saturated carbocycles. The molecule has 7 nitrogen and oxygen atoms in total. The van der Waals surface area contributed by atoms with Gasteiger partial charge in [0.2, 0.25) is 0 Å². The van der Waals surface area contributed by atoms with Gasteiger partial charge in [-0.3, -0.25) is 10.1 Å². The van der Waals surface area contributed by atoms with Crippen LogP contribution in [-0.2, 0) is 14.3 Å². The monoisotopic (exact) mass is 341 g/mol. The Balaban J connectivity index is 2.04. The van der Waals surface area contributed by atoms with Crippen LogP contribution in [0.15, 0.2) is 18.2 Å². The molecule has 1 aromatic carbocycles. The molecule has 1 aliphatic heterocycles. The lowest BCUT2D eigenvalue weighted by molar-refractivity contribution is -0.145. The van der Waals surface area contributed by atoms with Crippen molar-refractivity contribution >= 4 is 23.7 Å². The van der Waals surface area contributed by atoms with Gasteiger partial charge in [0.25, 0.3) is 0 Å². The highest BCUT2D eigenvalue weighted by Crippen LogP contribution is 2.37. The summed E-state index contributed by atoms with van der Waals surface area (Å²) in [4.78, 5) is 22.3. The summed E-state index contributed by atoms with van der Waals surface area (Å²) in [5, 5.41) is 11.9. The SMILES string of the molecule is CCOC(=O)COc1ccc([C@@H]2N[C@@H](C(=O)O)CS2)cc1OC. The number of carbonyl (C=O) groups is 2. The van der Waals surface area contributed by atoms with E-state index in [9.17, 15) is 9.59 Å². The second-order valence-electron chi connectivity index (χ2n) is 4.77. The number of hydrogen-bond acceptors (Lipinski definition) is 7. The zero-order valence-electron chi connectivity index (χ0n) is 12.9. The summed E-state index contributed by atoms with van der Waals surface area (Å²) in [6.07, 6.45) is 0. The molecule has 0 aliphatic carbocycles. The van der Waals surface area contributed by atoms with Gasteiger partial charge < -0.3 is 19.3 Å². The minimum atomic E-state index is -0.860. The number of thioether (sulfide) groups is 1. The zero-order valence-corrected chi connectivity index (χ0v) is 13.7. The van der Waals surface area contributed by atoms with Crippen LogP contribution in [0.4, 0.5) is 0 Å². The number of carboxylic acid groups (broad SMARTS) is 1. The number of carboxylic acids is 1. The first-order valence-corrected chi connectivity index (χ1v) is 8.16. The summed E-state index contributed by atoms with van der Waals surface area (Å²) in [7, 11) is 1.51. The number of rotatable bonds is 7. The van der Waals surface area contributed by atoms with Gasteiger partial charge in [-0.15, -0.1) is 11.8 Å². The lowest BCUT2D eigenvalue weighted by atomic mass is 10.2. The molecule has 2 atom stereocenters. The Morgan fingerprint density at radius 2 is 2.17 bits per heavy atom. The maximum absolute atomic E-state index is 11.3. The van der Waals surface area contributed by atoms with Gasteiger partial charge in [-0.2, -0.15) is 0 Å². The molecule has 2 N–H and O–H groups in total. The predicted octanol–water partition coefficient (Wildman–Crippen LogP) is 1.43. The smallest absolute Gasteiger partial charge is 0.344 e.